The summed E-state index contributed by atoms with van der Waals surface area (Å²) in [4.78, 5) is 4.42. The maximum atomic E-state index is 8.82. The standard InChI is InChI=1S/C18H16N6/c1-12-4-3-5-16(13(12)2)22-17-11-20-24-18(23-17)21-15-8-6-14(10-19)7-9-15/h3-9,11H,1-2H3,(H2,21,22,23,24). The molecule has 6 heteroatoms. The number of nitrogens with one attached hydrogen (secondary N) is 2. The van der Waals surface area contributed by atoms with Gasteiger partial charge in [-0.15, -0.1) is 5.10 Å². The second kappa shape index (κ2) is 6.75. The zero-order valence-corrected chi connectivity index (χ0v) is 13.4. The molecule has 0 aliphatic carbocycles. The van der Waals surface area contributed by atoms with Gasteiger partial charge < -0.3 is 10.6 Å². The van der Waals surface area contributed by atoms with E-state index in [1.807, 2.05) is 12.1 Å². The molecule has 3 aromatic rings. The van der Waals surface area contributed by atoms with Gasteiger partial charge in [0.05, 0.1) is 17.8 Å². The van der Waals surface area contributed by atoms with E-state index in [-0.39, 0.29) is 0 Å². The van der Waals surface area contributed by atoms with Crippen molar-refractivity contribution >= 4 is 23.1 Å². The van der Waals surface area contributed by atoms with Crippen LogP contribution in [0.1, 0.15) is 16.7 Å². The molecule has 3 rings (SSSR count). The normalized spacial score (nSPS) is 10.0. The van der Waals surface area contributed by atoms with E-state index >= 15 is 0 Å². The van der Waals surface area contributed by atoms with Crippen molar-refractivity contribution in [1.82, 2.24) is 15.2 Å². The van der Waals surface area contributed by atoms with Crippen molar-refractivity contribution in [1.29, 1.82) is 5.26 Å². The third kappa shape index (κ3) is 3.47. The van der Waals surface area contributed by atoms with Crippen LogP contribution in [-0.4, -0.2) is 15.2 Å². The summed E-state index contributed by atoms with van der Waals surface area (Å²) in [5.41, 5.74) is 4.75. The fraction of sp³-hybridized carbons (Fsp3) is 0.111. The first-order valence-electron chi connectivity index (χ1n) is 7.46. The predicted molar refractivity (Wildman–Crippen MR) is 93.5 cm³/mol. The molecule has 0 saturated carbocycles. The fourth-order valence-corrected chi connectivity index (χ4v) is 2.20. The van der Waals surface area contributed by atoms with E-state index < -0.39 is 0 Å². The molecule has 2 aromatic carbocycles. The number of nitrogens with zero attached hydrogens (tertiary/aromatic N) is 4. The first kappa shape index (κ1) is 15.4. The summed E-state index contributed by atoms with van der Waals surface area (Å²) in [7, 11) is 0. The molecule has 0 bridgehead atoms. The summed E-state index contributed by atoms with van der Waals surface area (Å²) in [6.07, 6.45) is 1.58. The van der Waals surface area contributed by atoms with Crippen molar-refractivity contribution in [3.63, 3.8) is 0 Å². The first-order chi connectivity index (χ1) is 11.7. The molecule has 2 N–H and O–H groups in total. The van der Waals surface area contributed by atoms with Gasteiger partial charge in [-0.25, -0.2) is 0 Å². The number of hydrogen-bond acceptors (Lipinski definition) is 6. The van der Waals surface area contributed by atoms with Crippen LogP contribution in [0.5, 0.6) is 0 Å². The van der Waals surface area contributed by atoms with Crippen molar-refractivity contribution in [2.75, 3.05) is 10.6 Å². The molecule has 118 valence electrons. The van der Waals surface area contributed by atoms with Crippen molar-refractivity contribution in [2.24, 2.45) is 0 Å². The van der Waals surface area contributed by atoms with Crippen LogP contribution in [0.2, 0.25) is 0 Å². The summed E-state index contributed by atoms with van der Waals surface area (Å²) < 4.78 is 0. The summed E-state index contributed by atoms with van der Waals surface area (Å²) in [6.45, 7) is 4.12. The van der Waals surface area contributed by atoms with Crippen molar-refractivity contribution in [2.45, 2.75) is 13.8 Å². The Morgan fingerprint density at radius 3 is 2.54 bits per heavy atom. The smallest absolute Gasteiger partial charge is 0.249 e. The molecule has 6 nitrogen and oxygen atoms in total. The minimum atomic E-state index is 0.384. The van der Waals surface area contributed by atoms with Crippen LogP contribution in [0.4, 0.5) is 23.1 Å². The second-order valence-corrected chi connectivity index (χ2v) is 5.35. The highest BCUT2D eigenvalue weighted by Crippen LogP contribution is 2.22. The van der Waals surface area contributed by atoms with Gasteiger partial charge in [-0.2, -0.15) is 15.3 Å². The lowest BCUT2D eigenvalue weighted by atomic mass is 10.1. The number of aromatic nitrogens is 3. The average Bonchev–Trinajstić information content (AvgIpc) is 2.60. The molecule has 1 heterocycles. The number of hydrogen-bond donors (Lipinski definition) is 2. The molecule has 0 radical (unpaired) electrons. The lowest BCUT2D eigenvalue weighted by molar-refractivity contribution is 0.982. The number of nitriles is 1. The zero-order chi connectivity index (χ0) is 16.9. The Labute approximate surface area is 140 Å². The van der Waals surface area contributed by atoms with Crippen LogP contribution < -0.4 is 10.6 Å². The molecular formula is C18H16N6. The maximum absolute atomic E-state index is 8.82. The quantitative estimate of drug-likeness (QED) is 0.760. The van der Waals surface area contributed by atoms with E-state index in [9.17, 15) is 0 Å². The molecule has 0 amide bonds. The molecule has 0 aliphatic heterocycles. The van der Waals surface area contributed by atoms with Gasteiger partial charge in [0.2, 0.25) is 5.95 Å². The van der Waals surface area contributed by atoms with E-state index in [2.05, 4.69) is 51.8 Å². The average molecular weight is 316 g/mol. The van der Waals surface area contributed by atoms with E-state index in [0.717, 1.165) is 16.9 Å². The van der Waals surface area contributed by atoms with Crippen LogP contribution in [0.3, 0.4) is 0 Å². The Morgan fingerprint density at radius 1 is 1.00 bits per heavy atom. The number of benzene rings is 2. The van der Waals surface area contributed by atoms with Crippen molar-refractivity contribution < 1.29 is 0 Å². The van der Waals surface area contributed by atoms with E-state index in [1.165, 1.54) is 5.56 Å². The fourth-order valence-electron chi connectivity index (χ4n) is 2.20. The molecule has 0 spiro atoms. The Bertz CT molecular complexity index is 896. The van der Waals surface area contributed by atoms with E-state index in [0.29, 0.717) is 17.3 Å². The Balaban J connectivity index is 1.78. The Hall–Kier alpha value is -3.46. The van der Waals surface area contributed by atoms with Gasteiger partial charge in [-0.3, -0.25) is 0 Å². The van der Waals surface area contributed by atoms with Crippen LogP contribution in [0, 0.1) is 25.2 Å². The third-order valence-corrected chi connectivity index (χ3v) is 3.70. The van der Waals surface area contributed by atoms with Crippen LogP contribution in [0.25, 0.3) is 0 Å². The summed E-state index contributed by atoms with van der Waals surface area (Å²) in [5.74, 6) is 0.991. The maximum Gasteiger partial charge on any atom is 0.249 e. The lowest BCUT2D eigenvalue weighted by Crippen LogP contribution is -2.03. The number of anilines is 4. The third-order valence-electron chi connectivity index (χ3n) is 3.70. The molecule has 0 fully saturated rings. The highest BCUT2D eigenvalue weighted by atomic mass is 15.3. The molecule has 1 aromatic heterocycles. The minimum absolute atomic E-state index is 0.384. The van der Waals surface area contributed by atoms with Gasteiger partial charge in [0, 0.05) is 11.4 Å². The molecule has 0 aliphatic rings. The van der Waals surface area contributed by atoms with Crippen molar-refractivity contribution in [3.05, 3.63) is 65.4 Å². The topological polar surface area (TPSA) is 86.5 Å². The van der Waals surface area contributed by atoms with Crippen LogP contribution in [0.15, 0.2) is 48.7 Å². The predicted octanol–water partition coefficient (Wildman–Crippen LogP) is 3.85. The molecule has 0 saturated heterocycles. The van der Waals surface area contributed by atoms with Gasteiger partial charge in [-0.1, -0.05) is 12.1 Å². The largest absolute Gasteiger partial charge is 0.339 e. The SMILES string of the molecule is Cc1cccc(Nc2cnnc(Nc3ccc(C#N)cc3)n2)c1C. The van der Waals surface area contributed by atoms with Gasteiger partial charge in [-0.05, 0) is 55.3 Å². The lowest BCUT2D eigenvalue weighted by Gasteiger charge is -2.11. The van der Waals surface area contributed by atoms with Gasteiger partial charge >= 0.3 is 0 Å². The Kier molecular flexibility index (Phi) is 4.34. The second-order valence-electron chi connectivity index (χ2n) is 5.35. The Morgan fingerprint density at radius 2 is 1.79 bits per heavy atom. The van der Waals surface area contributed by atoms with E-state index in [1.54, 1.807) is 30.5 Å². The van der Waals surface area contributed by atoms with Crippen molar-refractivity contribution in [3.8, 4) is 6.07 Å². The van der Waals surface area contributed by atoms with Gasteiger partial charge in [0.25, 0.3) is 0 Å². The molecule has 24 heavy (non-hydrogen) atoms. The summed E-state index contributed by atoms with van der Waals surface area (Å²) >= 11 is 0. The van der Waals surface area contributed by atoms with E-state index in [4.69, 9.17) is 5.26 Å². The van der Waals surface area contributed by atoms with Gasteiger partial charge in [0.1, 0.15) is 0 Å². The minimum Gasteiger partial charge on any atom is -0.339 e. The number of rotatable bonds is 4. The summed E-state index contributed by atoms with van der Waals surface area (Å²) in [5, 5.41) is 23.1. The molecule has 0 atom stereocenters. The zero-order valence-electron chi connectivity index (χ0n) is 13.4. The molecular weight excluding hydrogens is 300 g/mol. The monoisotopic (exact) mass is 316 g/mol. The summed E-state index contributed by atoms with van der Waals surface area (Å²) in [6, 6.07) is 15.2. The number of aryl methyl sites for hydroxylation is 1. The van der Waals surface area contributed by atoms with Crippen LogP contribution in [-0.2, 0) is 0 Å². The highest BCUT2D eigenvalue weighted by Gasteiger charge is 2.05. The first-order valence-corrected chi connectivity index (χ1v) is 7.46. The van der Waals surface area contributed by atoms with Crippen LogP contribution >= 0.6 is 0 Å². The highest BCUT2D eigenvalue weighted by molar-refractivity contribution is 5.63. The molecule has 0 unspecified atom stereocenters. The van der Waals surface area contributed by atoms with Gasteiger partial charge in [0.15, 0.2) is 5.82 Å².